The van der Waals surface area contributed by atoms with Crippen LogP contribution in [0.15, 0.2) is 55.0 Å². The van der Waals surface area contributed by atoms with Crippen LogP contribution in [0.5, 0.6) is 5.75 Å². The second-order valence-corrected chi connectivity index (χ2v) is 6.62. The van der Waals surface area contributed by atoms with E-state index in [4.69, 9.17) is 11.1 Å². The van der Waals surface area contributed by atoms with Crippen molar-refractivity contribution >= 4 is 17.2 Å². The minimum absolute atomic E-state index is 0.0112. The number of anilines is 2. The van der Waals surface area contributed by atoms with Crippen LogP contribution in [0, 0.1) is 5.41 Å². The normalized spacial score (nSPS) is 14.5. The first-order valence-electron chi connectivity index (χ1n) is 8.75. The molecule has 29 heavy (non-hydrogen) atoms. The Balaban J connectivity index is 1.53. The topological polar surface area (TPSA) is 93.0 Å². The molecule has 3 heterocycles. The summed E-state index contributed by atoms with van der Waals surface area (Å²) < 4.78 is 43.3. The number of halogens is 3. The minimum Gasteiger partial charge on any atom is -0.406 e. The smallest absolute Gasteiger partial charge is 0.406 e. The largest absolute Gasteiger partial charge is 0.573 e. The summed E-state index contributed by atoms with van der Waals surface area (Å²) in [6.45, 7) is 1.45. The molecule has 0 saturated carbocycles. The van der Waals surface area contributed by atoms with Crippen LogP contribution in [0.3, 0.4) is 0 Å². The van der Waals surface area contributed by atoms with Crippen molar-refractivity contribution in [2.75, 3.05) is 23.7 Å². The van der Waals surface area contributed by atoms with Crippen molar-refractivity contribution in [3.63, 3.8) is 0 Å². The number of aromatic nitrogens is 3. The molecule has 0 amide bonds. The van der Waals surface area contributed by atoms with Gasteiger partial charge in [0.2, 0.25) is 0 Å². The van der Waals surface area contributed by atoms with Gasteiger partial charge in [-0.25, -0.2) is 4.98 Å². The number of benzene rings is 1. The van der Waals surface area contributed by atoms with Gasteiger partial charge in [-0.3, -0.25) is 10.1 Å². The van der Waals surface area contributed by atoms with Crippen LogP contribution in [0.1, 0.15) is 17.2 Å². The van der Waals surface area contributed by atoms with E-state index in [1.807, 2.05) is 21.8 Å². The molecule has 7 nitrogen and oxygen atoms in total. The Morgan fingerprint density at radius 2 is 1.97 bits per heavy atom. The van der Waals surface area contributed by atoms with E-state index in [2.05, 4.69) is 14.8 Å². The van der Waals surface area contributed by atoms with Gasteiger partial charge in [0.05, 0.1) is 11.8 Å². The zero-order chi connectivity index (χ0) is 20.6. The molecule has 10 heteroatoms. The first-order chi connectivity index (χ1) is 13.8. The van der Waals surface area contributed by atoms with Gasteiger partial charge in [-0.1, -0.05) is 0 Å². The summed E-state index contributed by atoms with van der Waals surface area (Å²) in [4.78, 5) is 6.37. The second kappa shape index (κ2) is 7.12. The third-order valence-electron chi connectivity index (χ3n) is 4.65. The highest BCUT2D eigenvalue weighted by molar-refractivity contribution is 6.14. The van der Waals surface area contributed by atoms with Gasteiger partial charge in [0.15, 0.2) is 0 Å². The highest BCUT2D eigenvalue weighted by Gasteiger charge is 2.32. The Bertz CT molecular complexity index is 1030. The van der Waals surface area contributed by atoms with E-state index < -0.39 is 12.1 Å². The molecule has 1 aromatic carbocycles. The van der Waals surface area contributed by atoms with Gasteiger partial charge < -0.3 is 15.4 Å². The number of alkyl halides is 3. The fourth-order valence-corrected chi connectivity index (χ4v) is 3.16. The lowest BCUT2D eigenvalue weighted by molar-refractivity contribution is -0.274. The monoisotopic (exact) mass is 402 g/mol. The highest BCUT2D eigenvalue weighted by atomic mass is 19.4. The highest BCUT2D eigenvalue weighted by Crippen LogP contribution is 2.29. The van der Waals surface area contributed by atoms with Crippen molar-refractivity contribution in [3.8, 4) is 5.75 Å². The quantitative estimate of drug-likeness (QED) is 0.505. The van der Waals surface area contributed by atoms with Crippen molar-refractivity contribution in [1.82, 2.24) is 14.8 Å². The fourth-order valence-electron chi connectivity index (χ4n) is 3.16. The van der Waals surface area contributed by atoms with Crippen molar-refractivity contribution in [3.05, 3.63) is 66.1 Å². The molecular formula is C19H17F3N6O. The number of pyridine rings is 1. The predicted molar refractivity (Wildman–Crippen MR) is 101 cm³/mol. The van der Waals surface area contributed by atoms with E-state index in [9.17, 15) is 13.2 Å². The first kappa shape index (κ1) is 18.8. The van der Waals surface area contributed by atoms with Gasteiger partial charge >= 0.3 is 6.36 Å². The summed E-state index contributed by atoms with van der Waals surface area (Å²) in [5, 5.41) is 12.7. The predicted octanol–water partition coefficient (Wildman–Crippen LogP) is 3.24. The zero-order valence-electron chi connectivity index (χ0n) is 15.1. The third-order valence-corrected chi connectivity index (χ3v) is 4.65. The maximum absolute atomic E-state index is 12.5. The summed E-state index contributed by atoms with van der Waals surface area (Å²) in [7, 11) is 0. The van der Waals surface area contributed by atoms with Crippen LogP contribution >= 0.6 is 0 Å². The molecule has 4 rings (SSSR count). The number of ether oxygens (including phenoxy) is 1. The van der Waals surface area contributed by atoms with Crippen molar-refractivity contribution in [2.45, 2.75) is 12.4 Å². The van der Waals surface area contributed by atoms with E-state index in [0.717, 1.165) is 25.2 Å². The van der Waals surface area contributed by atoms with Crippen LogP contribution in [0.4, 0.5) is 24.7 Å². The van der Waals surface area contributed by atoms with Gasteiger partial charge in [0.1, 0.15) is 11.6 Å². The first-order valence-corrected chi connectivity index (χ1v) is 8.75. The molecule has 1 fully saturated rings. The van der Waals surface area contributed by atoms with Crippen LogP contribution < -0.4 is 15.4 Å². The fraction of sp³-hybridized carbons (Fsp3) is 0.211. The Morgan fingerprint density at radius 1 is 1.17 bits per heavy atom. The molecule has 2 aromatic heterocycles. The molecule has 0 radical (unpaired) electrons. The van der Waals surface area contributed by atoms with Gasteiger partial charge in [0.25, 0.3) is 0 Å². The van der Waals surface area contributed by atoms with E-state index in [1.165, 1.54) is 6.07 Å². The summed E-state index contributed by atoms with van der Waals surface area (Å²) in [5.41, 5.74) is 6.71. The average Bonchev–Trinajstić information content (AvgIpc) is 3.15. The lowest BCUT2D eigenvalue weighted by atomic mass is 10.0. The van der Waals surface area contributed by atoms with Crippen molar-refractivity contribution in [1.29, 1.82) is 5.41 Å². The van der Waals surface area contributed by atoms with Crippen LogP contribution in [-0.2, 0) is 0 Å². The average molecular weight is 402 g/mol. The Morgan fingerprint density at radius 3 is 2.66 bits per heavy atom. The van der Waals surface area contributed by atoms with E-state index in [0.29, 0.717) is 11.4 Å². The number of nitrogens with two attached hydrogens (primary N) is 1. The summed E-state index contributed by atoms with van der Waals surface area (Å²) in [6.07, 6.45) is 0.374. The number of nitrogens with zero attached hydrogens (tertiary/aromatic N) is 4. The number of nitrogen functional groups attached to an aromatic ring is 1. The van der Waals surface area contributed by atoms with Crippen LogP contribution in [0.2, 0.25) is 0 Å². The molecule has 0 unspecified atom stereocenters. The van der Waals surface area contributed by atoms with Gasteiger partial charge in [-0.05, 0) is 36.4 Å². The van der Waals surface area contributed by atoms with E-state index in [1.54, 1.807) is 24.5 Å². The second-order valence-electron chi connectivity index (χ2n) is 6.62. The maximum atomic E-state index is 12.5. The molecule has 3 aromatic rings. The van der Waals surface area contributed by atoms with E-state index in [-0.39, 0.29) is 23.0 Å². The van der Waals surface area contributed by atoms with Gasteiger partial charge in [-0.2, -0.15) is 5.10 Å². The SMILES string of the molecule is N=C(c1ccnc(N2CC(n3cccn3)C2)c1)c1cc(OC(F)(F)F)ccc1N. The van der Waals surface area contributed by atoms with Gasteiger partial charge in [-0.15, -0.1) is 13.2 Å². The molecule has 3 N–H and O–H groups in total. The number of nitrogens with one attached hydrogen (secondary N) is 1. The summed E-state index contributed by atoms with van der Waals surface area (Å²) >= 11 is 0. The van der Waals surface area contributed by atoms with Crippen LogP contribution in [-0.4, -0.2) is 39.9 Å². The minimum atomic E-state index is -4.82. The summed E-state index contributed by atoms with van der Waals surface area (Å²) in [5.74, 6) is 0.252. The Hall–Kier alpha value is -3.56. The van der Waals surface area contributed by atoms with Crippen molar-refractivity contribution in [2.24, 2.45) is 0 Å². The number of hydrogen-bond donors (Lipinski definition) is 2. The zero-order valence-corrected chi connectivity index (χ0v) is 15.1. The lowest BCUT2D eigenvalue weighted by Crippen LogP contribution is -2.48. The van der Waals surface area contributed by atoms with Gasteiger partial charge in [0, 0.05) is 48.5 Å². The maximum Gasteiger partial charge on any atom is 0.573 e. The molecule has 0 atom stereocenters. The molecule has 1 aliphatic rings. The molecule has 150 valence electrons. The molecule has 0 bridgehead atoms. The summed E-state index contributed by atoms with van der Waals surface area (Å²) in [6, 6.07) is 8.98. The standard InChI is InChI=1S/C19H17F3N6O/c20-19(21,22)29-14-2-3-16(23)15(9-14)18(24)12-4-6-25-17(8-12)27-10-13(11-27)28-7-1-5-26-28/h1-9,13,24H,10-11,23H2. The third kappa shape index (κ3) is 4.00. The number of hydrogen-bond acceptors (Lipinski definition) is 6. The van der Waals surface area contributed by atoms with Crippen LogP contribution in [0.25, 0.3) is 0 Å². The number of rotatable bonds is 5. The van der Waals surface area contributed by atoms with Crippen molar-refractivity contribution < 1.29 is 17.9 Å². The molecule has 0 aliphatic carbocycles. The lowest BCUT2D eigenvalue weighted by Gasteiger charge is -2.40. The molecule has 1 saturated heterocycles. The van der Waals surface area contributed by atoms with E-state index >= 15 is 0 Å². The molecule has 1 aliphatic heterocycles. The Labute approximate surface area is 164 Å². The molecular weight excluding hydrogens is 385 g/mol. The molecule has 0 spiro atoms. The Kier molecular flexibility index (Phi) is 4.61.